The molecule has 0 aliphatic carbocycles. The molecule has 1 heterocycles. The van der Waals surface area contributed by atoms with Gasteiger partial charge in [0.15, 0.2) is 5.82 Å². The molecule has 1 aromatic heterocycles. The van der Waals surface area contributed by atoms with Crippen molar-refractivity contribution in [3.8, 4) is 11.4 Å². The minimum absolute atomic E-state index is 0.0134. The van der Waals surface area contributed by atoms with Crippen molar-refractivity contribution in [2.24, 2.45) is 0 Å². The van der Waals surface area contributed by atoms with Crippen LogP contribution in [0.25, 0.3) is 11.4 Å². The first-order valence-electron chi connectivity index (χ1n) is 6.54. The third-order valence-electron chi connectivity index (χ3n) is 2.97. The highest BCUT2D eigenvalue weighted by atomic mass is 35.5. The summed E-state index contributed by atoms with van der Waals surface area (Å²) in [7, 11) is 0. The SMILES string of the molecule is Fc1cccc(-c2nc(Cl)cc(Nc3ccc(F)c(Cl)c3)n2)c1. The molecular weight excluding hydrogens is 343 g/mol. The Morgan fingerprint density at radius 3 is 2.48 bits per heavy atom. The minimum atomic E-state index is -0.515. The number of benzene rings is 2. The van der Waals surface area contributed by atoms with Crippen LogP contribution in [-0.4, -0.2) is 9.97 Å². The molecule has 3 nitrogen and oxygen atoms in total. The van der Waals surface area contributed by atoms with Crippen molar-refractivity contribution in [2.75, 3.05) is 5.32 Å². The zero-order chi connectivity index (χ0) is 16.4. The number of nitrogens with one attached hydrogen (secondary N) is 1. The number of hydrogen-bond donors (Lipinski definition) is 1. The standard InChI is InChI=1S/C16H9Cl2F2N3/c17-12-7-11(4-5-13(12)20)21-15-8-14(18)22-16(23-15)9-2-1-3-10(19)6-9/h1-8H,(H,21,22,23). The first-order valence-corrected chi connectivity index (χ1v) is 7.29. The van der Waals surface area contributed by atoms with Crippen LogP contribution in [0.3, 0.4) is 0 Å². The van der Waals surface area contributed by atoms with Gasteiger partial charge < -0.3 is 5.32 Å². The molecular formula is C16H9Cl2F2N3. The van der Waals surface area contributed by atoms with Crippen molar-refractivity contribution in [1.29, 1.82) is 0 Å². The highest BCUT2D eigenvalue weighted by Gasteiger charge is 2.08. The van der Waals surface area contributed by atoms with Gasteiger partial charge in [0, 0.05) is 17.3 Å². The first-order chi connectivity index (χ1) is 11.0. The topological polar surface area (TPSA) is 37.8 Å². The Balaban J connectivity index is 1.95. The summed E-state index contributed by atoms with van der Waals surface area (Å²) in [5.41, 5.74) is 1.03. The Hall–Kier alpha value is -2.24. The van der Waals surface area contributed by atoms with Gasteiger partial charge >= 0.3 is 0 Å². The molecule has 0 spiro atoms. The Morgan fingerprint density at radius 2 is 1.74 bits per heavy atom. The second-order valence-corrected chi connectivity index (χ2v) is 5.46. The van der Waals surface area contributed by atoms with Gasteiger partial charge in [0.1, 0.15) is 22.6 Å². The predicted octanol–water partition coefficient (Wildman–Crippen LogP) is 5.47. The average molecular weight is 352 g/mol. The van der Waals surface area contributed by atoms with Crippen molar-refractivity contribution in [3.05, 3.63) is 70.3 Å². The molecule has 0 atom stereocenters. The van der Waals surface area contributed by atoms with Crippen LogP contribution in [0.4, 0.5) is 20.3 Å². The van der Waals surface area contributed by atoms with Crippen LogP contribution in [0.1, 0.15) is 0 Å². The van der Waals surface area contributed by atoms with Crippen LogP contribution >= 0.6 is 23.2 Å². The Kier molecular flexibility index (Phi) is 4.41. The fourth-order valence-corrected chi connectivity index (χ4v) is 2.32. The van der Waals surface area contributed by atoms with E-state index in [0.29, 0.717) is 17.1 Å². The molecule has 0 saturated heterocycles. The maximum Gasteiger partial charge on any atom is 0.163 e. The third-order valence-corrected chi connectivity index (χ3v) is 3.45. The van der Waals surface area contributed by atoms with Crippen LogP contribution in [0, 0.1) is 11.6 Å². The van der Waals surface area contributed by atoms with Crippen LogP contribution in [-0.2, 0) is 0 Å². The van der Waals surface area contributed by atoms with Crippen LogP contribution < -0.4 is 5.32 Å². The molecule has 0 aliphatic rings. The molecule has 23 heavy (non-hydrogen) atoms. The van der Waals surface area contributed by atoms with Crippen LogP contribution in [0.5, 0.6) is 0 Å². The van der Waals surface area contributed by atoms with E-state index >= 15 is 0 Å². The molecule has 0 amide bonds. The maximum atomic E-state index is 13.3. The summed E-state index contributed by atoms with van der Waals surface area (Å²) in [6, 6.07) is 11.5. The van der Waals surface area contributed by atoms with Gasteiger partial charge in [0.2, 0.25) is 0 Å². The Bertz CT molecular complexity index is 872. The first kappa shape index (κ1) is 15.6. The van der Waals surface area contributed by atoms with E-state index in [-0.39, 0.29) is 16.0 Å². The molecule has 116 valence electrons. The normalized spacial score (nSPS) is 10.6. The smallest absolute Gasteiger partial charge is 0.163 e. The van der Waals surface area contributed by atoms with Crippen molar-refractivity contribution in [3.63, 3.8) is 0 Å². The molecule has 1 N–H and O–H groups in total. The van der Waals surface area contributed by atoms with E-state index in [4.69, 9.17) is 23.2 Å². The van der Waals surface area contributed by atoms with Gasteiger partial charge in [-0.1, -0.05) is 35.3 Å². The van der Waals surface area contributed by atoms with E-state index in [1.807, 2.05) is 0 Å². The van der Waals surface area contributed by atoms with Crippen LogP contribution in [0.2, 0.25) is 10.2 Å². The molecule has 0 saturated carbocycles. The molecule has 0 fully saturated rings. The quantitative estimate of drug-likeness (QED) is 0.635. The summed E-state index contributed by atoms with van der Waals surface area (Å²) in [5.74, 6) is -0.260. The third kappa shape index (κ3) is 3.75. The van der Waals surface area contributed by atoms with E-state index in [9.17, 15) is 8.78 Å². The summed E-state index contributed by atoms with van der Waals surface area (Å²) in [6.07, 6.45) is 0. The fourth-order valence-electron chi connectivity index (χ4n) is 1.96. The number of anilines is 2. The zero-order valence-electron chi connectivity index (χ0n) is 11.5. The van der Waals surface area contributed by atoms with E-state index in [1.165, 1.54) is 36.4 Å². The van der Waals surface area contributed by atoms with Gasteiger partial charge in [-0.15, -0.1) is 0 Å². The molecule has 0 radical (unpaired) electrons. The van der Waals surface area contributed by atoms with Crippen molar-refractivity contribution >= 4 is 34.7 Å². The lowest BCUT2D eigenvalue weighted by Crippen LogP contribution is -1.98. The highest BCUT2D eigenvalue weighted by Crippen LogP contribution is 2.25. The van der Waals surface area contributed by atoms with Crippen molar-refractivity contribution < 1.29 is 8.78 Å². The molecule has 7 heteroatoms. The number of halogens is 4. The lowest BCUT2D eigenvalue weighted by atomic mass is 10.2. The predicted molar refractivity (Wildman–Crippen MR) is 87.1 cm³/mol. The summed E-state index contributed by atoms with van der Waals surface area (Å²) in [6.45, 7) is 0. The van der Waals surface area contributed by atoms with Gasteiger partial charge in [-0.3, -0.25) is 0 Å². The van der Waals surface area contributed by atoms with E-state index in [0.717, 1.165) is 0 Å². The summed E-state index contributed by atoms with van der Waals surface area (Å²) < 4.78 is 26.5. The molecule has 0 aliphatic heterocycles. The van der Waals surface area contributed by atoms with E-state index in [1.54, 1.807) is 12.1 Å². The minimum Gasteiger partial charge on any atom is -0.340 e. The molecule has 0 unspecified atom stereocenters. The summed E-state index contributed by atoms with van der Waals surface area (Å²) in [4.78, 5) is 8.36. The van der Waals surface area contributed by atoms with E-state index in [2.05, 4.69) is 15.3 Å². The largest absolute Gasteiger partial charge is 0.340 e. The number of rotatable bonds is 3. The van der Waals surface area contributed by atoms with Gasteiger partial charge in [-0.2, -0.15) is 0 Å². The number of nitrogens with zero attached hydrogens (tertiary/aromatic N) is 2. The Morgan fingerprint density at radius 1 is 0.913 bits per heavy atom. The van der Waals surface area contributed by atoms with Crippen LogP contribution in [0.15, 0.2) is 48.5 Å². The molecule has 3 aromatic rings. The lowest BCUT2D eigenvalue weighted by Gasteiger charge is -2.09. The van der Waals surface area contributed by atoms with E-state index < -0.39 is 11.6 Å². The van der Waals surface area contributed by atoms with Crippen molar-refractivity contribution in [1.82, 2.24) is 9.97 Å². The lowest BCUT2D eigenvalue weighted by molar-refractivity contribution is 0.628. The summed E-state index contributed by atoms with van der Waals surface area (Å²) in [5, 5.41) is 3.13. The average Bonchev–Trinajstić information content (AvgIpc) is 2.50. The van der Waals surface area contributed by atoms with Crippen molar-refractivity contribution in [2.45, 2.75) is 0 Å². The molecule has 2 aromatic carbocycles. The highest BCUT2D eigenvalue weighted by molar-refractivity contribution is 6.31. The second-order valence-electron chi connectivity index (χ2n) is 4.66. The molecule has 3 rings (SSSR count). The second kappa shape index (κ2) is 6.48. The van der Waals surface area contributed by atoms with Gasteiger partial charge in [0.05, 0.1) is 5.02 Å². The monoisotopic (exact) mass is 351 g/mol. The number of hydrogen-bond acceptors (Lipinski definition) is 3. The van der Waals surface area contributed by atoms with Gasteiger partial charge in [0.25, 0.3) is 0 Å². The van der Waals surface area contributed by atoms with Gasteiger partial charge in [-0.05, 0) is 30.3 Å². The summed E-state index contributed by atoms with van der Waals surface area (Å²) >= 11 is 11.7. The van der Waals surface area contributed by atoms with Gasteiger partial charge in [-0.25, -0.2) is 18.7 Å². The molecule has 0 bridgehead atoms. The maximum absolute atomic E-state index is 13.3. The fraction of sp³-hybridized carbons (Fsp3) is 0. The number of aromatic nitrogens is 2. The zero-order valence-corrected chi connectivity index (χ0v) is 13.0. The Labute approximate surface area is 140 Å².